The molecule has 17 heavy (non-hydrogen) atoms. The van der Waals surface area contributed by atoms with Gasteiger partial charge < -0.3 is 4.74 Å². The lowest BCUT2D eigenvalue weighted by atomic mass is 10.1. The lowest BCUT2D eigenvalue weighted by Crippen LogP contribution is -2.10. The van der Waals surface area contributed by atoms with E-state index >= 15 is 0 Å². The number of alkyl halides is 1. The molecule has 0 aliphatic heterocycles. The van der Waals surface area contributed by atoms with E-state index in [0.29, 0.717) is 10.0 Å². The Kier molecular flexibility index (Phi) is 5.72. The van der Waals surface area contributed by atoms with Crippen molar-refractivity contribution in [3.8, 4) is 0 Å². The standard InChI is InChI=1S/C12H13Cl2FO2/c1-8(16)17-3-2-12(15)6-9-4-10(13)7-11(14)5-9/h4-5,7,12H,2-3,6H2,1H3. The van der Waals surface area contributed by atoms with E-state index in [2.05, 4.69) is 4.74 Å². The van der Waals surface area contributed by atoms with E-state index in [-0.39, 0.29) is 19.4 Å². The molecule has 0 bridgehead atoms. The number of rotatable bonds is 5. The third-order valence-corrected chi connectivity index (χ3v) is 2.55. The van der Waals surface area contributed by atoms with Crippen molar-refractivity contribution in [1.29, 1.82) is 0 Å². The second kappa shape index (κ2) is 6.82. The minimum Gasteiger partial charge on any atom is -0.466 e. The van der Waals surface area contributed by atoms with Gasteiger partial charge in [-0.25, -0.2) is 4.39 Å². The van der Waals surface area contributed by atoms with E-state index in [1.165, 1.54) is 6.92 Å². The molecule has 0 amide bonds. The third kappa shape index (κ3) is 5.89. The van der Waals surface area contributed by atoms with E-state index in [4.69, 9.17) is 23.2 Å². The zero-order chi connectivity index (χ0) is 12.8. The molecule has 0 saturated carbocycles. The van der Waals surface area contributed by atoms with Crippen LogP contribution in [0.25, 0.3) is 0 Å². The summed E-state index contributed by atoms with van der Waals surface area (Å²) in [6, 6.07) is 4.94. The smallest absolute Gasteiger partial charge is 0.302 e. The van der Waals surface area contributed by atoms with Crippen LogP contribution in [0.2, 0.25) is 10.0 Å². The van der Waals surface area contributed by atoms with Gasteiger partial charge in [0.15, 0.2) is 0 Å². The zero-order valence-electron chi connectivity index (χ0n) is 9.38. The van der Waals surface area contributed by atoms with Crippen molar-refractivity contribution in [1.82, 2.24) is 0 Å². The molecule has 2 nitrogen and oxygen atoms in total. The molecule has 1 rings (SSSR count). The van der Waals surface area contributed by atoms with Crippen molar-refractivity contribution < 1.29 is 13.9 Å². The Bertz CT molecular complexity index is 376. The highest BCUT2D eigenvalue weighted by atomic mass is 35.5. The van der Waals surface area contributed by atoms with Gasteiger partial charge in [0.1, 0.15) is 6.17 Å². The Morgan fingerprint density at radius 1 is 1.35 bits per heavy atom. The first-order valence-electron chi connectivity index (χ1n) is 5.20. The number of halogens is 3. The molecule has 0 aliphatic rings. The summed E-state index contributed by atoms with van der Waals surface area (Å²) < 4.78 is 18.2. The number of esters is 1. The first kappa shape index (κ1) is 14.3. The summed E-state index contributed by atoms with van der Waals surface area (Å²) in [5, 5.41) is 0.972. The van der Waals surface area contributed by atoms with Gasteiger partial charge in [0.05, 0.1) is 6.61 Å². The largest absolute Gasteiger partial charge is 0.466 e. The van der Waals surface area contributed by atoms with E-state index in [1.54, 1.807) is 18.2 Å². The molecule has 0 N–H and O–H groups in total. The fraction of sp³-hybridized carbons (Fsp3) is 0.417. The first-order valence-corrected chi connectivity index (χ1v) is 5.95. The van der Waals surface area contributed by atoms with Crippen LogP contribution in [0.4, 0.5) is 4.39 Å². The van der Waals surface area contributed by atoms with Crippen molar-refractivity contribution in [2.45, 2.75) is 25.9 Å². The Hall–Kier alpha value is -0.800. The van der Waals surface area contributed by atoms with Crippen molar-refractivity contribution in [3.05, 3.63) is 33.8 Å². The topological polar surface area (TPSA) is 26.3 Å². The molecule has 0 radical (unpaired) electrons. The van der Waals surface area contributed by atoms with Gasteiger partial charge in [0.2, 0.25) is 0 Å². The van der Waals surface area contributed by atoms with Crippen LogP contribution in [0.3, 0.4) is 0 Å². The highest BCUT2D eigenvalue weighted by Gasteiger charge is 2.09. The zero-order valence-corrected chi connectivity index (χ0v) is 10.9. The van der Waals surface area contributed by atoms with Crippen molar-refractivity contribution >= 4 is 29.2 Å². The van der Waals surface area contributed by atoms with E-state index < -0.39 is 12.1 Å². The van der Waals surface area contributed by atoms with Crippen LogP contribution in [0, 0.1) is 0 Å². The van der Waals surface area contributed by atoms with E-state index in [9.17, 15) is 9.18 Å². The number of hydrogen-bond acceptors (Lipinski definition) is 2. The molecule has 0 aliphatic carbocycles. The molecule has 94 valence electrons. The molecule has 1 aromatic carbocycles. The molecule has 5 heteroatoms. The fourth-order valence-corrected chi connectivity index (χ4v) is 1.99. The average molecular weight is 279 g/mol. The number of carbonyl (C=O) groups excluding carboxylic acids is 1. The van der Waals surface area contributed by atoms with Crippen molar-refractivity contribution in [2.24, 2.45) is 0 Å². The van der Waals surface area contributed by atoms with E-state index in [0.717, 1.165) is 5.56 Å². The molecular formula is C12H13Cl2FO2. The molecule has 0 aromatic heterocycles. The van der Waals surface area contributed by atoms with Gasteiger partial charge in [0.25, 0.3) is 0 Å². The van der Waals surface area contributed by atoms with Gasteiger partial charge in [0, 0.05) is 29.8 Å². The highest BCUT2D eigenvalue weighted by Crippen LogP contribution is 2.21. The Labute approximate surface area is 110 Å². The molecule has 0 saturated heterocycles. The van der Waals surface area contributed by atoms with Crippen LogP contribution in [-0.2, 0) is 16.0 Å². The number of benzene rings is 1. The summed E-state index contributed by atoms with van der Waals surface area (Å²) in [7, 11) is 0. The van der Waals surface area contributed by atoms with Crippen molar-refractivity contribution in [2.75, 3.05) is 6.61 Å². The Morgan fingerprint density at radius 3 is 2.47 bits per heavy atom. The van der Waals surface area contributed by atoms with Crippen molar-refractivity contribution in [3.63, 3.8) is 0 Å². The highest BCUT2D eigenvalue weighted by molar-refractivity contribution is 6.34. The van der Waals surface area contributed by atoms with Gasteiger partial charge >= 0.3 is 5.97 Å². The van der Waals surface area contributed by atoms with Crippen LogP contribution < -0.4 is 0 Å². The molecule has 0 fully saturated rings. The van der Waals surface area contributed by atoms with Crippen LogP contribution in [0.5, 0.6) is 0 Å². The second-order valence-electron chi connectivity index (χ2n) is 3.71. The van der Waals surface area contributed by atoms with Crippen LogP contribution >= 0.6 is 23.2 Å². The van der Waals surface area contributed by atoms with Gasteiger partial charge in [-0.1, -0.05) is 23.2 Å². The van der Waals surface area contributed by atoms with Crippen LogP contribution in [-0.4, -0.2) is 18.7 Å². The van der Waals surface area contributed by atoms with Crippen LogP contribution in [0.1, 0.15) is 18.9 Å². The minimum atomic E-state index is -1.08. The maximum absolute atomic E-state index is 13.5. The predicted octanol–water partition coefficient (Wildman–Crippen LogP) is 3.83. The SMILES string of the molecule is CC(=O)OCCC(F)Cc1cc(Cl)cc(Cl)c1. The lowest BCUT2D eigenvalue weighted by molar-refractivity contribution is -0.141. The number of hydrogen-bond donors (Lipinski definition) is 0. The average Bonchev–Trinajstić information content (AvgIpc) is 2.14. The lowest BCUT2D eigenvalue weighted by Gasteiger charge is -2.09. The van der Waals surface area contributed by atoms with Gasteiger partial charge in [-0.05, 0) is 23.8 Å². The Morgan fingerprint density at radius 2 is 1.94 bits per heavy atom. The molecular weight excluding hydrogens is 266 g/mol. The summed E-state index contributed by atoms with van der Waals surface area (Å²) >= 11 is 11.6. The third-order valence-electron chi connectivity index (χ3n) is 2.12. The summed E-state index contributed by atoms with van der Waals surface area (Å²) in [4.78, 5) is 10.5. The van der Waals surface area contributed by atoms with Gasteiger partial charge in [-0.2, -0.15) is 0 Å². The normalized spacial score (nSPS) is 12.2. The predicted molar refractivity (Wildman–Crippen MR) is 66.3 cm³/mol. The van der Waals surface area contributed by atoms with E-state index in [1.807, 2.05) is 0 Å². The fourth-order valence-electron chi connectivity index (χ4n) is 1.42. The monoisotopic (exact) mass is 278 g/mol. The Balaban J connectivity index is 2.44. The maximum atomic E-state index is 13.5. The molecule has 1 unspecified atom stereocenters. The second-order valence-corrected chi connectivity index (χ2v) is 4.58. The van der Waals surface area contributed by atoms with Gasteiger partial charge in [-0.15, -0.1) is 0 Å². The minimum absolute atomic E-state index is 0.0881. The summed E-state index contributed by atoms with van der Waals surface area (Å²) in [6.45, 7) is 1.38. The summed E-state index contributed by atoms with van der Waals surface area (Å²) in [5.41, 5.74) is 0.734. The summed E-state index contributed by atoms with van der Waals surface area (Å²) in [6.07, 6.45) is -0.700. The summed E-state index contributed by atoms with van der Waals surface area (Å²) in [5.74, 6) is -0.400. The number of ether oxygens (including phenoxy) is 1. The number of carbonyl (C=O) groups is 1. The molecule has 0 heterocycles. The molecule has 1 aromatic rings. The molecule has 0 spiro atoms. The van der Waals surface area contributed by atoms with Gasteiger partial charge in [-0.3, -0.25) is 4.79 Å². The quantitative estimate of drug-likeness (QED) is 0.766. The maximum Gasteiger partial charge on any atom is 0.302 e. The van der Waals surface area contributed by atoms with Crippen LogP contribution in [0.15, 0.2) is 18.2 Å². The molecule has 1 atom stereocenters. The first-order chi connectivity index (χ1) is 7.97.